The number of ether oxygens (including phenoxy) is 1. The van der Waals surface area contributed by atoms with Crippen LogP contribution in [-0.2, 0) is 20.6 Å². The highest BCUT2D eigenvalue weighted by Gasteiger charge is 2.41. The number of hydrogen-bond acceptors (Lipinski definition) is 4. The van der Waals surface area contributed by atoms with Crippen LogP contribution in [0.3, 0.4) is 0 Å². The topological polar surface area (TPSA) is 46.6 Å². The first-order valence-corrected chi connectivity index (χ1v) is 9.75. The molecule has 2 heterocycles. The minimum Gasteiger partial charge on any atom is -0.375 e. The van der Waals surface area contributed by atoms with Gasteiger partial charge in [-0.1, -0.05) is 12.8 Å². The fourth-order valence-electron chi connectivity index (χ4n) is 3.06. The quantitative estimate of drug-likeness (QED) is 0.798. The molecule has 1 saturated carbocycles. The summed E-state index contributed by atoms with van der Waals surface area (Å²) >= 11 is 7.17. The van der Waals surface area contributed by atoms with Crippen LogP contribution >= 0.6 is 22.9 Å². The zero-order valence-electron chi connectivity index (χ0n) is 11.1. The molecule has 0 aromatic carbocycles. The molecule has 1 aliphatic heterocycles. The standard InChI is InChI=1S/C13H18ClNO3S2/c14-8-10-7-11(9-19-10)20(16,17)15-5-6-18-13-4-2-1-3-12(13)15/h7,9,12-13H,1-6,8H2. The van der Waals surface area contributed by atoms with Gasteiger partial charge in [0.05, 0.1) is 29.5 Å². The Morgan fingerprint density at radius 1 is 1.40 bits per heavy atom. The van der Waals surface area contributed by atoms with Gasteiger partial charge in [0.2, 0.25) is 10.0 Å². The van der Waals surface area contributed by atoms with E-state index < -0.39 is 10.0 Å². The molecule has 112 valence electrons. The molecule has 1 aromatic heterocycles. The van der Waals surface area contributed by atoms with E-state index in [4.69, 9.17) is 16.3 Å². The molecule has 2 aliphatic rings. The fraction of sp³-hybridized carbons (Fsp3) is 0.692. The molecular formula is C13H18ClNO3S2. The maximum Gasteiger partial charge on any atom is 0.244 e. The average molecular weight is 336 g/mol. The van der Waals surface area contributed by atoms with Gasteiger partial charge in [-0.15, -0.1) is 22.9 Å². The van der Waals surface area contributed by atoms with Gasteiger partial charge in [-0.2, -0.15) is 4.31 Å². The van der Waals surface area contributed by atoms with E-state index in [1.807, 2.05) is 0 Å². The number of alkyl halides is 1. The molecule has 7 heteroatoms. The molecule has 1 saturated heterocycles. The third-order valence-corrected chi connectivity index (χ3v) is 7.48. The van der Waals surface area contributed by atoms with E-state index in [9.17, 15) is 8.42 Å². The number of sulfonamides is 1. The van der Waals surface area contributed by atoms with Crippen molar-refractivity contribution >= 4 is 33.0 Å². The van der Waals surface area contributed by atoms with E-state index in [1.54, 1.807) is 15.8 Å². The summed E-state index contributed by atoms with van der Waals surface area (Å²) in [5, 5.41) is 1.69. The first-order valence-electron chi connectivity index (χ1n) is 6.90. The van der Waals surface area contributed by atoms with Gasteiger partial charge >= 0.3 is 0 Å². The molecule has 3 rings (SSSR count). The number of thiophene rings is 1. The van der Waals surface area contributed by atoms with Crippen LogP contribution in [0, 0.1) is 0 Å². The highest BCUT2D eigenvalue weighted by Crippen LogP contribution is 2.33. The van der Waals surface area contributed by atoms with Gasteiger partial charge in [-0.3, -0.25) is 0 Å². The van der Waals surface area contributed by atoms with Crippen LogP contribution in [0.4, 0.5) is 0 Å². The van der Waals surface area contributed by atoms with Crippen LogP contribution < -0.4 is 0 Å². The van der Waals surface area contributed by atoms with Crippen molar-refractivity contribution in [3.63, 3.8) is 0 Å². The minimum absolute atomic E-state index is 0.00171. The summed E-state index contributed by atoms with van der Waals surface area (Å²) < 4.78 is 33.0. The van der Waals surface area contributed by atoms with Gasteiger partial charge in [-0.25, -0.2) is 8.42 Å². The second-order valence-corrected chi connectivity index (χ2v) is 8.41. The zero-order valence-corrected chi connectivity index (χ0v) is 13.5. The van der Waals surface area contributed by atoms with Crippen molar-refractivity contribution in [1.82, 2.24) is 4.31 Å². The molecule has 4 nitrogen and oxygen atoms in total. The lowest BCUT2D eigenvalue weighted by Crippen LogP contribution is -2.54. The van der Waals surface area contributed by atoms with Crippen LogP contribution in [0.5, 0.6) is 0 Å². The lowest BCUT2D eigenvalue weighted by molar-refractivity contribution is -0.0586. The van der Waals surface area contributed by atoms with E-state index in [-0.39, 0.29) is 12.1 Å². The number of hydrogen-bond donors (Lipinski definition) is 0. The number of halogens is 1. The molecule has 0 radical (unpaired) electrons. The molecule has 0 spiro atoms. The third-order valence-electron chi connectivity index (χ3n) is 4.05. The molecule has 0 amide bonds. The molecule has 1 aliphatic carbocycles. The minimum atomic E-state index is -3.42. The molecule has 2 atom stereocenters. The van der Waals surface area contributed by atoms with E-state index >= 15 is 0 Å². The van der Waals surface area contributed by atoms with Crippen molar-refractivity contribution in [2.45, 2.75) is 48.6 Å². The van der Waals surface area contributed by atoms with Gasteiger partial charge in [-0.05, 0) is 18.9 Å². The van der Waals surface area contributed by atoms with E-state index in [0.717, 1.165) is 30.6 Å². The monoisotopic (exact) mass is 335 g/mol. The summed E-state index contributed by atoms with van der Waals surface area (Å²) in [6.45, 7) is 0.947. The molecule has 0 N–H and O–H groups in total. The fourth-order valence-corrected chi connectivity index (χ4v) is 6.10. The third kappa shape index (κ3) is 2.64. The van der Waals surface area contributed by atoms with Gasteiger partial charge in [0.1, 0.15) is 0 Å². The van der Waals surface area contributed by atoms with E-state index in [1.165, 1.54) is 11.3 Å². The van der Waals surface area contributed by atoms with Crippen molar-refractivity contribution in [2.24, 2.45) is 0 Å². The van der Waals surface area contributed by atoms with E-state index in [2.05, 4.69) is 0 Å². The predicted octanol–water partition coefficient (Wildman–Crippen LogP) is 2.82. The van der Waals surface area contributed by atoms with Crippen LogP contribution in [-0.4, -0.2) is 38.0 Å². The molecule has 20 heavy (non-hydrogen) atoms. The Bertz CT molecular complexity index is 570. The van der Waals surface area contributed by atoms with Gasteiger partial charge in [0.25, 0.3) is 0 Å². The normalized spacial score (nSPS) is 28.2. The average Bonchev–Trinajstić information content (AvgIpc) is 2.96. The van der Waals surface area contributed by atoms with Crippen LogP contribution in [0.1, 0.15) is 30.6 Å². The second-order valence-electron chi connectivity index (χ2n) is 5.26. The smallest absolute Gasteiger partial charge is 0.244 e. The van der Waals surface area contributed by atoms with Crippen molar-refractivity contribution in [2.75, 3.05) is 13.2 Å². The molecule has 0 bridgehead atoms. The molecular weight excluding hydrogens is 318 g/mol. The highest BCUT2D eigenvalue weighted by molar-refractivity contribution is 7.89. The van der Waals surface area contributed by atoms with Crippen molar-refractivity contribution in [1.29, 1.82) is 0 Å². The van der Waals surface area contributed by atoms with E-state index in [0.29, 0.717) is 23.9 Å². The second kappa shape index (κ2) is 5.93. The number of fused-ring (bicyclic) bond motifs is 1. The number of rotatable bonds is 3. The SMILES string of the molecule is O=S(=O)(c1csc(CCl)c1)N1CCOC2CCCCC21. The maximum atomic E-state index is 12.8. The van der Waals surface area contributed by atoms with Crippen LogP contribution in [0.15, 0.2) is 16.3 Å². The first kappa shape index (κ1) is 14.8. The van der Waals surface area contributed by atoms with Crippen molar-refractivity contribution in [3.8, 4) is 0 Å². The molecule has 1 aromatic rings. The Morgan fingerprint density at radius 3 is 2.95 bits per heavy atom. The summed E-state index contributed by atoms with van der Waals surface area (Å²) in [5.74, 6) is 0.356. The Morgan fingerprint density at radius 2 is 2.20 bits per heavy atom. The Kier molecular flexibility index (Phi) is 4.38. The lowest BCUT2D eigenvalue weighted by Gasteiger charge is -2.42. The summed E-state index contributed by atoms with van der Waals surface area (Å²) in [6.07, 6.45) is 4.14. The Balaban J connectivity index is 1.89. The Hall–Kier alpha value is -0.140. The van der Waals surface area contributed by atoms with Gasteiger partial charge in [0, 0.05) is 16.8 Å². The van der Waals surface area contributed by atoms with Crippen molar-refractivity contribution in [3.05, 3.63) is 16.3 Å². The molecule has 2 fully saturated rings. The highest BCUT2D eigenvalue weighted by atomic mass is 35.5. The maximum absolute atomic E-state index is 12.8. The Labute approximate surface area is 128 Å². The van der Waals surface area contributed by atoms with Gasteiger partial charge < -0.3 is 4.74 Å². The lowest BCUT2D eigenvalue weighted by atomic mass is 9.91. The zero-order chi connectivity index (χ0) is 14.2. The van der Waals surface area contributed by atoms with Gasteiger partial charge in [0.15, 0.2) is 0 Å². The summed E-state index contributed by atoms with van der Waals surface area (Å²) in [4.78, 5) is 1.27. The van der Waals surface area contributed by atoms with Crippen LogP contribution in [0.2, 0.25) is 0 Å². The number of nitrogens with zero attached hydrogens (tertiary/aromatic N) is 1. The number of morpholine rings is 1. The largest absolute Gasteiger partial charge is 0.375 e. The van der Waals surface area contributed by atoms with Crippen LogP contribution in [0.25, 0.3) is 0 Å². The summed E-state index contributed by atoms with van der Waals surface area (Å²) in [5.41, 5.74) is 0. The molecule has 2 unspecified atom stereocenters. The van der Waals surface area contributed by atoms with Crippen molar-refractivity contribution < 1.29 is 13.2 Å². The summed E-state index contributed by atoms with van der Waals surface area (Å²) in [7, 11) is -3.42. The predicted molar refractivity (Wildman–Crippen MR) is 79.8 cm³/mol. The summed E-state index contributed by atoms with van der Waals surface area (Å²) in [6, 6.07) is 1.70. The first-order chi connectivity index (χ1) is 9.63.